The summed E-state index contributed by atoms with van der Waals surface area (Å²) >= 11 is 11.4. The summed E-state index contributed by atoms with van der Waals surface area (Å²) in [7, 11) is 0. The molecular formula is C8H8Cl3NO2. The van der Waals surface area contributed by atoms with Gasteiger partial charge in [0.1, 0.15) is 6.04 Å². The van der Waals surface area contributed by atoms with E-state index in [0.29, 0.717) is 10.6 Å². The Morgan fingerprint density at radius 2 is 2.00 bits per heavy atom. The van der Waals surface area contributed by atoms with Crippen molar-refractivity contribution in [3.63, 3.8) is 0 Å². The summed E-state index contributed by atoms with van der Waals surface area (Å²) < 4.78 is 0. The van der Waals surface area contributed by atoms with Crippen LogP contribution in [-0.2, 0) is 4.79 Å². The molecule has 1 aromatic rings. The number of hydrogen-bond donors (Lipinski definition) is 2. The number of hydrogen-bond acceptors (Lipinski definition) is 2. The number of rotatable bonds is 2. The van der Waals surface area contributed by atoms with Crippen LogP contribution in [0, 0.1) is 0 Å². The normalized spacial score (nSPS) is 11.6. The molecule has 3 nitrogen and oxygen atoms in total. The van der Waals surface area contributed by atoms with Gasteiger partial charge in [-0.15, -0.1) is 12.4 Å². The zero-order chi connectivity index (χ0) is 10.0. The van der Waals surface area contributed by atoms with Gasteiger partial charge in [-0.3, -0.25) is 4.79 Å². The minimum Gasteiger partial charge on any atom is -0.480 e. The van der Waals surface area contributed by atoms with Gasteiger partial charge in [0.2, 0.25) is 0 Å². The van der Waals surface area contributed by atoms with Crippen molar-refractivity contribution in [2.75, 3.05) is 0 Å². The summed E-state index contributed by atoms with van der Waals surface area (Å²) in [5, 5.41) is 9.12. The van der Waals surface area contributed by atoms with E-state index in [4.69, 9.17) is 34.0 Å². The molecule has 0 saturated carbocycles. The highest BCUT2D eigenvalue weighted by atomic mass is 35.5. The molecule has 1 rings (SSSR count). The van der Waals surface area contributed by atoms with Gasteiger partial charge in [0.15, 0.2) is 0 Å². The number of halogens is 3. The van der Waals surface area contributed by atoms with Crippen LogP contribution in [0.25, 0.3) is 0 Å². The molecule has 78 valence electrons. The first-order valence-corrected chi connectivity index (χ1v) is 4.22. The van der Waals surface area contributed by atoms with Gasteiger partial charge in [0.25, 0.3) is 0 Å². The summed E-state index contributed by atoms with van der Waals surface area (Å²) in [6.45, 7) is 0. The molecule has 0 aliphatic heterocycles. The first-order valence-electron chi connectivity index (χ1n) is 3.46. The van der Waals surface area contributed by atoms with E-state index in [1.165, 1.54) is 6.07 Å². The Bertz CT molecular complexity index is 343. The average Bonchev–Trinajstić information content (AvgIpc) is 2.08. The lowest BCUT2D eigenvalue weighted by molar-refractivity contribution is -0.138. The molecule has 1 unspecified atom stereocenters. The van der Waals surface area contributed by atoms with Gasteiger partial charge in [-0.2, -0.15) is 0 Å². The van der Waals surface area contributed by atoms with Crippen LogP contribution in [0.2, 0.25) is 10.0 Å². The Labute approximate surface area is 97.2 Å². The molecule has 0 aromatic heterocycles. The van der Waals surface area contributed by atoms with Crippen LogP contribution in [-0.4, -0.2) is 11.1 Å². The van der Waals surface area contributed by atoms with Gasteiger partial charge < -0.3 is 10.8 Å². The van der Waals surface area contributed by atoms with Crippen molar-refractivity contribution in [3.05, 3.63) is 33.8 Å². The van der Waals surface area contributed by atoms with Gasteiger partial charge in [-0.1, -0.05) is 35.3 Å². The Morgan fingerprint density at radius 3 is 2.50 bits per heavy atom. The molecule has 0 bridgehead atoms. The lowest BCUT2D eigenvalue weighted by Crippen LogP contribution is -2.20. The van der Waals surface area contributed by atoms with E-state index in [1.807, 2.05) is 0 Å². The van der Waals surface area contributed by atoms with Crippen LogP contribution in [0.5, 0.6) is 0 Å². The Hall–Kier alpha value is -0.480. The average molecular weight is 257 g/mol. The third-order valence-corrected chi connectivity index (χ3v) is 2.42. The topological polar surface area (TPSA) is 63.3 Å². The van der Waals surface area contributed by atoms with Crippen LogP contribution in [0.3, 0.4) is 0 Å². The van der Waals surface area contributed by atoms with Crippen LogP contribution < -0.4 is 5.73 Å². The van der Waals surface area contributed by atoms with Gasteiger partial charge in [-0.25, -0.2) is 0 Å². The van der Waals surface area contributed by atoms with E-state index in [1.54, 1.807) is 12.1 Å². The van der Waals surface area contributed by atoms with Gasteiger partial charge in [-0.05, 0) is 6.07 Å². The SMILES string of the molecule is Cl.NC(C(=O)O)c1cccc(Cl)c1Cl. The predicted octanol–water partition coefficient (Wildman–Crippen LogP) is 2.50. The number of carboxylic acids is 1. The molecule has 0 aliphatic carbocycles. The highest BCUT2D eigenvalue weighted by Crippen LogP contribution is 2.28. The van der Waals surface area contributed by atoms with Crippen molar-refractivity contribution in [2.45, 2.75) is 6.04 Å². The maximum Gasteiger partial charge on any atom is 0.325 e. The molecule has 0 radical (unpaired) electrons. The van der Waals surface area contributed by atoms with E-state index < -0.39 is 12.0 Å². The Morgan fingerprint density at radius 1 is 1.43 bits per heavy atom. The summed E-state index contributed by atoms with van der Waals surface area (Å²) in [6, 6.07) is 3.58. The van der Waals surface area contributed by atoms with E-state index in [-0.39, 0.29) is 17.4 Å². The Kier molecular flexibility index (Phi) is 5.23. The number of nitrogens with two attached hydrogens (primary N) is 1. The van der Waals surface area contributed by atoms with Crippen LogP contribution in [0.4, 0.5) is 0 Å². The summed E-state index contributed by atoms with van der Waals surface area (Å²) in [6.07, 6.45) is 0. The fourth-order valence-corrected chi connectivity index (χ4v) is 1.32. The Balaban J connectivity index is 0.00000169. The number of aliphatic carboxylic acids is 1. The lowest BCUT2D eigenvalue weighted by Gasteiger charge is -2.09. The van der Waals surface area contributed by atoms with Crippen LogP contribution >= 0.6 is 35.6 Å². The van der Waals surface area contributed by atoms with Crippen LogP contribution in [0.15, 0.2) is 18.2 Å². The van der Waals surface area contributed by atoms with Gasteiger partial charge in [0.05, 0.1) is 10.0 Å². The first kappa shape index (κ1) is 13.5. The minimum atomic E-state index is -1.14. The van der Waals surface area contributed by atoms with E-state index >= 15 is 0 Å². The smallest absolute Gasteiger partial charge is 0.325 e. The third-order valence-electron chi connectivity index (χ3n) is 1.58. The van der Waals surface area contributed by atoms with E-state index in [0.717, 1.165) is 0 Å². The van der Waals surface area contributed by atoms with Gasteiger partial charge >= 0.3 is 5.97 Å². The molecule has 0 heterocycles. The molecular weight excluding hydrogens is 248 g/mol. The van der Waals surface area contributed by atoms with E-state index in [2.05, 4.69) is 0 Å². The fraction of sp³-hybridized carbons (Fsp3) is 0.125. The second-order valence-corrected chi connectivity index (χ2v) is 3.24. The summed E-state index contributed by atoms with van der Waals surface area (Å²) in [4.78, 5) is 10.5. The predicted molar refractivity (Wildman–Crippen MR) is 58.3 cm³/mol. The zero-order valence-electron chi connectivity index (χ0n) is 6.91. The number of carbonyl (C=O) groups is 1. The maximum atomic E-state index is 10.5. The standard InChI is InChI=1S/C8H7Cl2NO2.ClH/c9-5-3-1-2-4(6(5)10)7(11)8(12)13;/h1-3,7H,11H2,(H,12,13);1H. The molecule has 0 amide bonds. The highest BCUT2D eigenvalue weighted by molar-refractivity contribution is 6.42. The second-order valence-electron chi connectivity index (χ2n) is 2.46. The highest BCUT2D eigenvalue weighted by Gasteiger charge is 2.18. The molecule has 0 saturated heterocycles. The summed E-state index contributed by atoms with van der Waals surface area (Å²) in [5.41, 5.74) is 5.69. The maximum absolute atomic E-state index is 10.5. The van der Waals surface area contributed by atoms with Crippen molar-refractivity contribution in [3.8, 4) is 0 Å². The van der Waals surface area contributed by atoms with Crippen molar-refractivity contribution in [2.24, 2.45) is 5.73 Å². The molecule has 1 aromatic carbocycles. The lowest BCUT2D eigenvalue weighted by atomic mass is 10.1. The molecule has 3 N–H and O–H groups in total. The molecule has 6 heteroatoms. The molecule has 0 spiro atoms. The monoisotopic (exact) mass is 255 g/mol. The van der Waals surface area contributed by atoms with Crippen LogP contribution in [0.1, 0.15) is 11.6 Å². The van der Waals surface area contributed by atoms with Crippen molar-refractivity contribution in [1.82, 2.24) is 0 Å². The zero-order valence-corrected chi connectivity index (χ0v) is 9.23. The summed E-state index contributed by atoms with van der Waals surface area (Å²) in [5.74, 6) is -1.14. The largest absolute Gasteiger partial charge is 0.480 e. The van der Waals surface area contributed by atoms with Crippen molar-refractivity contribution < 1.29 is 9.90 Å². The quantitative estimate of drug-likeness (QED) is 0.854. The molecule has 0 fully saturated rings. The molecule has 14 heavy (non-hydrogen) atoms. The number of carboxylic acid groups (broad SMARTS) is 1. The van der Waals surface area contributed by atoms with Crippen molar-refractivity contribution in [1.29, 1.82) is 0 Å². The van der Waals surface area contributed by atoms with Crippen molar-refractivity contribution >= 4 is 41.6 Å². The fourth-order valence-electron chi connectivity index (χ4n) is 0.894. The number of benzene rings is 1. The molecule has 0 aliphatic rings. The second kappa shape index (κ2) is 5.41. The first-order chi connectivity index (χ1) is 6.04. The minimum absolute atomic E-state index is 0. The third kappa shape index (κ3) is 2.75. The van der Waals surface area contributed by atoms with E-state index in [9.17, 15) is 4.79 Å². The van der Waals surface area contributed by atoms with Gasteiger partial charge in [0, 0.05) is 5.56 Å². The molecule has 1 atom stereocenters.